The molecule has 0 aliphatic carbocycles. The van der Waals surface area contributed by atoms with Gasteiger partial charge in [0.2, 0.25) is 21.1 Å². The number of hydrogen-bond acceptors (Lipinski definition) is 7. The summed E-state index contributed by atoms with van der Waals surface area (Å²) in [6, 6.07) is 6.65. The van der Waals surface area contributed by atoms with E-state index >= 15 is 0 Å². The number of hydrogen-bond donors (Lipinski definition) is 0. The molecule has 1 aromatic heterocycles. The van der Waals surface area contributed by atoms with Crippen LogP contribution in [0.1, 0.15) is 18.7 Å². The third-order valence-electron chi connectivity index (χ3n) is 5.63. The number of sulfonamides is 1. The van der Waals surface area contributed by atoms with E-state index in [9.17, 15) is 13.2 Å². The van der Waals surface area contributed by atoms with Crippen molar-refractivity contribution in [3.05, 3.63) is 34.6 Å². The van der Waals surface area contributed by atoms with Gasteiger partial charge < -0.3 is 9.80 Å². The summed E-state index contributed by atoms with van der Waals surface area (Å²) in [6.45, 7) is 4.99. The Morgan fingerprint density at radius 3 is 2.27 bits per heavy atom. The number of carbonyl (C=O) groups is 1. The van der Waals surface area contributed by atoms with Crippen molar-refractivity contribution in [1.82, 2.24) is 18.6 Å². The van der Waals surface area contributed by atoms with E-state index in [0.717, 1.165) is 41.4 Å². The highest BCUT2D eigenvalue weighted by molar-refractivity contribution is 9.10. The molecule has 2 aromatic rings. The van der Waals surface area contributed by atoms with Gasteiger partial charge in [0.05, 0.1) is 4.90 Å². The number of piperidine rings is 1. The summed E-state index contributed by atoms with van der Waals surface area (Å²) in [7, 11) is -3.53. The van der Waals surface area contributed by atoms with Crippen molar-refractivity contribution >= 4 is 48.5 Å². The first-order valence-corrected chi connectivity index (χ1v) is 12.9. The molecule has 2 fully saturated rings. The molecule has 0 unspecified atom stereocenters. The van der Waals surface area contributed by atoms with Gasteiger partial charge in [0.25, 0.3) is 0 Å². The molecular formula is C19H24BrN5O3S2. The molecule has 8 nitrogen and oxygen atoms in total. The van der Waals surface area contributed by atoms with E-state index in [2.05, 4.69) is 30.2 Å². The average molecular weight is 514 g/mol. The molecule has 162 valence electrons. The third-order valence-corrected chi connectivity index (χ3v) is 8.94. The molecule has 3 heterocycles. The SMILES string of the molecule is Cc1nsc(N2CCC(C(=O)N3CCN(S(=O)(=O)c4ccc(Br)cc4)CC3)CC2)n1. The van der Waals surface area contributed by atoms with E-state index in [0.29, 0.717) is 26.2 Å². The zero-order valence-electron chi connectivity index (χ0n) is 16.7. The molecule has 4 rings (SSSR count). The molecule has 0 saturated carbocycles. The molecule has 1 aromatic carbocycles. The minimum Gasteiger partial charge on any atom is -0.347 e. The van der Waals surface area contributed by atoms with Crippen LogP contribution in [0, 0.1) is 12.8 Å². The van der Waals surface area contributed by atoms with Crippen LogP contribution in [-0.4, -0.2) is 72.2 Å². The number of halogens is 1. The number of aromatic nitrogens is 2. The van der Waals surface area contributed by atoms with Gasteiger partial charge in [-0.1, -0.05) is 15.9 Å². The Morgan fingerprint density at radius 1 is 1.07 bits per heavy atom. The van der Waals surface area contributed by atoms with Crippen molar-refractivity contribution in [3.63, 3.8) is 0 Å². The van der Waals surface area contributed by atoms with E-state index in [-0.39, 0.29) is 16.7 Å². The fraction of sp³-hybridized carbons (Fsp3) is 0.526. The number of benzene rings is 1. The van der Waals surface area contributed by atoms with Gasteiger partial charge in [0, 0.05) is 61.2 Å². The Bertz CT molecular complexity index is 995. The monoisotopic (exact) mass is 513 g/mol. The summed E-state index contributed by atoms with van der Waals surface area (Å²) in [4.78, 5) is 21.7. The summed E-state index contributed by atoms with van der Waals surface area (Å²) < 4.78 is 32.2. The molecule has 2 saturated heterocycles. The van der Waals surface area contributed by atoms with Gasteiger partial charge >= 0.3 is 0 Å². The van der Waals surface area contributed by atoms with Gasteiger partial charge in [-0.2, -0.15) is 8.68 Å². The van der Waals surface area contributed by atoms with E-state index in [4.69, 9.17) is 0 Å². The fourth-order valence-electron chi connectivity index (χ4n) is 3.89. The van der Waals surface area contributed by atoms with Crippen molar-refractivity contribution in [3.8, 4) is 0 Å². The number of aryl methyl sites for hydroxylation is 1. The highest BCUT2D eigenvalue weighted by atomic mass is 79.9. The van der Waals surface area contributed by atoms with Crippen LogP contribution in [0.25, 0.3) is 0 Å². The van der Waals surface area contributed by atoms with E-state index in [1.807, 2.05) is 11.8 Å². The lowest BCUT2D eigenvalue weighted by molar-refractivity contribution is -0.137. The number of piperazine rings is 1. The maximum atomic E-state index is 13.0. The highest BCUT2D eigenvalue weighted by Gasteiger charge is 2.34. The second-order valence-electron chi connectivity index (χ2n) is 7.57. The van der Waals surface area contributed by atoms with Crippen molar-refractivity contribution in [2.24, 2.45) is 5.92 Å². The quantitative estimate of drug-likeness (QED) is 0.623. The molecule has 2 aliphatic heterocycles. The van der Waals surface area contributed by atoms with Crippen LogP contribution in [0.2, 0.25) is 0 Å². The van der Waals surface area contributed by atoms with Crippen molar-refractivity contribution < 1.29 is 13.2 Å². The van der Waals surface area contributed by atoms with Crippen LogP contribution in [0.15, 0.2) is 33.6 Å². The van der Waals surface area contributed by atoms with Gasteiger partial charge in [0.15, 0.2) is 0 Å². The van der Waals surface area contributed by atoms with Crippen molar-refractivity contribution in [1.29, 1.82) is 0 Å². The Hall–Kier alpha value is -1.56. The smallest absolute Gasteiger partial charge is 0.243 e. The maximum absolute atomic E-state index is 13.0. The average Bonchev–Trinajstić information content (AvgIpc) is 3.20. The number of carbonyl (C=O) groups excluding carboxylic acids is 1. The maximum Gasteiger partial charge on any atom is 0.243 e. The van der Waals surface area contributed by atoms with Gasteiger partial charge in [-0.15, -0.1) is 0 Å². The standard InChI is InChI=1S/C19H24BrN5O3S2/c1-14-21-19(29-22-14)24-8-6-15(7-9-24)18(26)23-10-12-25(13-11-23)30(27,28)17-4-2-16(20)3-5-17/h2-5,15H,6-13H2,1H3. The van der Waals surface area contributed by atoms with Crippen LogP contribution in [0.4, 0.5) is 5.13 Å². The van der Waals surface area contributed by atoms with Crippen LogP contribution < -0.4 is 4.90 Å². The Balaban J connectivity index is 1.31. The van der Waals surface area contributed by atoms with E-state index in [1.165, 1.54) is 15.8 Å². The van der Waals surface area contributed by atoms with Gasteiger partial charge in [-0.25, -0.2) is 13.4 Å². The predicted molar refractivity (Wildman–Crippen MR) is 119 cm³/mol. The van der Waals surface area contributed by atoms with E-state index in [1.54, 1.807) is 24.3 Å². The van der Waals surface area contributed by atoms with Crippen LogP contribution in [-0.2, 0) is 14.8 Å². The predicted octanol–water partition coefficient (Wildman–Crippen LogP) is 2.36. The number of nitrogens with zero attached hydrogens (tertiary/aromatic N) is 5. The lowest BCUT2D eigenvalue weighted by Crippen LogP contribution is -2.52. The Labute approximate surface area is 189 Å². The summed E-state index contributed by atoms with van der Waals surface area (Å²) in [5, 5.41) is 0.921. The zero-order valence-corrected chi connectivity index (χ0v) is 19.9. The van der Waals surface area contributed by atoms with Gasteiger partial charge in [-0.05, 0) is 44.0 Å². The Kier molecular flexibility index (Phi) is 6.42. The minimum atomic E-state index is -3.53. The number of anilines is 1. The van der Waals surface area contributed by atoms with Crippen LogP contribution in [0.3, 0.4) is 0 Å². The second kappa shape index (κ2) is 8.89. The normalized spacial score (nSPS) is 19.3. The topological polar surface area (TPSA) is 86.7 Å². The summed E-state index contributed by atoms with van der Waals surface area (Å²) in [6.07, 6.45) is 1.57. The third kappa shape index (κ3) is 4.53. The first-order chi connectivity index (χ1) is 14.3. The molecular weight excluding hydrogens is 490 g/mol. The fourth-order valence-corrected chi connectivity index (χ4v) is 6.31. The molecule has 0 N–H and O–H groups in total. The number of amides is 1. The van der Waals surface area contributed by atoms with E-state index < -0.39 is 10.0 Å². The Morgan fingerprint density at radius 2 is 1.70 bits per heavy atom. The van der Waals surface area contributed by atoms with Crippen LogP contribution >= 0.6 is 27.5 Å². The minimum absolute atomic E-state index is 0.00935. The van der Waals surface area contributed by atoms with Crippen LogP contribution in [0.5, 0.6) is 0 Å². The first-order valence-electron chi connectivity index (χ1n) is 9.94. The molecule has 1 amide bonds. The largest absolute Gasteiger partial charge is 0.347 e. The summed E-state index contributed by atoms with van der Waals surface area (Å²) in [5.74, 6) is 0.915. The van der Waals surface area contributed by atoms with Crippen molar-refractivity contribution in [2.75, 3.05) is 44.2 Å². The zero-order chi connectivity index (χ0) is 21.3. The number of rotatable bonds is 4. The van der Waals surface area contributed by atoms with Gasteiger partial charge in [0.1, 0.15) is 5.82 Å². The first kappa shape index (κ1) is 21.7. The molecule has 0 bridgehead atoms. The lowest BCUT2D eigenvalue weighted by Gasteiger charge is -2.38. The molecule has 30 heavy (non-hydrogen) atoms. The molecule has 2 aliphatic rings. The second-order valence-corrected chi connectivity index (χ2v) is 11.2. The molecule has 11 heteroatoms. The molecule has 0 atom stereocenters. The highest BCUT2D eigenvalue weighted by Crippen LogP contribution is 2.27. The molecule has 0 radical (unpaired) electrons. The van der Waals surface area contributed by atoms with Gasteiger partial charge in [-0.3, -0.25) is 4.79 Å². The summed E-state index contributed by atoms with van der Waals surface area (Å²) in [5.41, 5.74) is 0. The molecule has 0 spiro atoms. The summed E-state index contributed by atoms with van der Waals surface area (Å²) >= 11 is 4.73. The lowest BCUT2D eigenvalue weighted by atomic mass is 9.95. The van der Waals surface area contributed by atoms with Crippen molar-refractivity contribution in [2.45, 2.75) is 24.7 Å².